The van der Waals surface area contributed by atoms with Gasteiger partial charge in [-0.05, 0) is 12.8 Å². The molecule has 1 saturated heterocycles. The molecule has 0 saturated carbocycles. The number of methoxy groups -OCH3 is 1. The Balaban J connectivity index is 2.06. The number of ether oxygens (including phenoxy) is 1. The maximum atomic E-state index is 12.7. The third-order valence-corrected chi connectivity index (χ3v) is 4.16. The molecule has 0 N–H and O–H groups in total. The van der Waals surface area contributed by atoms with Gasteiger partial charge in [0.2, 0.25) is 0 Å². The average molecular weight is 322 g/mol. The summed E-state index contributed by atoms with van der Waals surface area (Å²) in [7, 11) is 1.28. The maximum Gasteiger partial charge on any atom is 0.434 e. The van der Waals surface area contributed by atoms with Crippen LogP contribution in [0.5, 0.6) is 0 Å². The first kappa shape index (κ1) is 15.7. The van der Waals surface area contributed by atoms with Crippen molar-refractivity contribution in [3.63, 3.8) is 0 Å². The molecule has 0 atom stereocenters. The number of aromatic nitrogens is 1. The van der Waals surface area contributed by atoms with E-state index in [9.17, 15) is 22.8 Å². The van der Waals surface area contributed by atoms with Gasteiger partial charge in [-0.1, -0.05) is 0 Å². The van der Waals surface area contributed by atoms with E-state index in [2.05, 4.69) is 9.72 Å². The predicted octanol–water partition coefficient (Wildman–Crippen LogP) is 2.19. The Hall–Kier alpha value is -1.64. The van der Waals surface area contributed by atoms with Crippen molar-refractivity contribution < 1.29 is 27.5 Å². The van der Waals surface area contributed by atoms with Crippen LogP contribution in [-0.4, -0.2) is 42.0 Å². The van der Waals surface area contributed by atoms with Crippen molar-refractivity contribution in [2.75, 3.05) is 20.2 Å². The van der Waals surface area contributed by atoms with E-state index >= 15 is 0 Å². The fourth-order valence-electron chi connectivity index (χ4n) is 2.23. The lowest BCUT2D eigenvalue weighted by Gasteiger charge is -2.30. The van der Waals surface area contributed by atoms with E-state index in [1.165, 1.54) is 12.0 Å². The van der Waals surface area contributed by atoms with E-state index in [0.29, 0.717) is 24.2 Å². The smallest absolute Gasteiger partial charge is 0.434 e. The molecular weight excluding hydrogens is 309 g/mol. The lowest BCUT2D eigenvalue weighted by molar-refractivity contribution is -0.146. The first-order chi connectivity index (χ1) is 9.84. The van der Waals surface area contributed by atoms with Crippen molar-refractivity contribution in [3.8, 4) is 0 Å². The Kier molecular flexibility index (Phi) is 4.50. The van der Waals surface area contributed by atoms with Crippen LogP contribution in [0.2, 0.25) is 0 Å². The normalized spacial score (nSPS) is 16.9. The van der Waals surface area contributed by atoms with Crippen molar-refractivity contribution in [2.45, 2.75) is 19.0 Å². The zero-order valence-corrected chi connectivity index (χ0v) is 12.0. The molecule has 1 fully saturated rings. The van der Waals surface area contributed by atoms with Gasteiger partial charge in [0.15, 0.2) is 5.69 Å². The van der Waals surface area contributed by atoms with Gasteiger partial charge in [0.05, 0.1) is 18.5 Å². The fourth-order valence-corrected chi connectivity index (χ4v) is 3.00. The summed E-state index contributed by atoms with van der Waals surface area (Å²) >= 11 is 0.676. The molecule has 9 heteroatoms. The molecule has 21 heavy (non-hydrogen) atoms. The number of piperidine rings is 1. The highest BCUT2D eigenvalue weighted by atomic mass is 32.1. The Labute approximate surface area is 122 Å². The quantitative estimate of drug-likeness (QED) is 0.783. The minimum absolute atomic E-state index is 0.230. The number of carbonyl (C=O) groups is 2. The zero-order valence-electron chi connectivity index (χ0n) is 11.1. The second-order valence-corrected chi connectivity index (χ2v) is 5.47. The number of likely N-dealkylation sites (tertiary alicyclic amines) is 1. The molecule has 0 spiro atoms. The van der Waals surface area contributed by atoms with Crippen molar-refractivity contribution in [1.82, 2.24) is 9.88 Å². The number of esters is 1. The SMILES string of the molecule is COC(=O)C1CCN(C(=O)c2scnc2C(F)(F)F)CC1. The highest BCUT2D eigenvalue weighted by Crippen LogP contribution is 2.33. The molecule has 1 aliphatic heterocycles. The van der Waals surface area contributed by atoms with Gasteiger partial charge in [0.1, 0.15) is 4.88 Å². The number of alkyl halides is 3. The number of hydrogen-bond donors (Lipinski definition) is 0. The number of thiazole rings is 1. The molecular formula is C12H13F3N2O3S. The summed E-state index contributed by atoms with van der Waals surface area (Å²) in [6, 6.07) is 0. The Morgan fingerprint density at radius 2 is 2.00 bits per heavy atom. The van der Waals surface area contributed by atoms with Crippen LogP contribution in [0, 0.1) is 5.92 Å². The highest BCUT2D eigenvalue weighted by molar-refractivity contribution is 7.11. The second-order valence-electron chi connectivity index (χ2n) is 4.62. The van der Waals surface area contributed by atoms with Crippen molar-refractivity contribution in [2.24, 2.45) is 5.92 Å². The number of halogens is 3. The van der Waals surface area contributed by atoms with Crippen LogP contribution in [0.1, 0.15) is 28.2 Å². The number of amides is 1. The Morgan fingerprint density at radius 3 is 2.52 bits per heavy atom. The van der Waals surface area contributed by atoms with Crippen LogP contribution < -0.4 is 0 Å². The van der Waals surface area contributed by atoms with Crippen LogP contribution in [0.25, 0.3) is 0 Å². The van der Waals surface area contributed by atoms with Gasteiger partial charge < -0.3 is 9.64 Å². The Bertz CT molecular complexity index is 536. The molecule has 0 unspecified atom stereocenters. The van der Waals surface area contributed by atoms with Gasteiger partial charge in [0.25, 0.3) is 5.91 Å². The largest absolute Gasteiger partial charge is 0.469 e. The summed E-state index contributed by atoms with van der Waals surface area (Å²) in [5, 5.41) is 0. The summed E-state index contributed by atoms with van der Waals surface area (Å²) in [5.41, 5.74) is -0.135. The van der Waals surface area contributed by atoms with E-state index < -0.39 is 22.7 Å². The first-order valence-corrected chi connectivity index (χ1v) is 7.10. The summed E-state index contributed by atoms with van der Waals surface area (Å²) in [5.74, 6) is -1.34. The van der Waals surface area contributed by atoms with Gasteiger partial charge in [-0.3, -0.25) is 9.59 Å². The fraction of sp³-hybridized carbons (Fsp3) is 0.583. The monoisotopic (exact) mass is 322 g/mol. The van der Waals surface area contributed by atoms with Crippen molar-refractivity contribution >= 4 is 23.2 Å². The number of hydrogen-bond acceptors (Lipinski definition) is 5. The van der Waals surface area contributed by atoms with Crippen LogP contribution in [0.15, 0.2) is 5.51 Å². The first-order valence-electron chi connectivity index (χ1n) is 6.22. The van der Waals surface area contributed by atoms with Crippen LogP contribution in [0.3, 0.4) is 0 Å². The van der Waals surface area contributed by atoms with E-state index in [0.717, 1.165) is 5.51 Å². The van der Waals surface area contributed by atoms with Gasteiger partial charge in [-0.2, -0.15) is 13.2 Å². The molecule has 0 bridgehead atoms. The van der Waals surface area contributed by atoms with E-state index in [1.54, 1.807) is 0 Å². The molecule has 1 aromatic heterocycles. The highest BCUT2D eigenvalue weighted by Gasteiger charge is 2.40. The summed E-state index contributed by atoms with van der Waals surface area (Å²) in [4.78, 5) is 27.7. The molecule has 1 aliphatic rings. The molecule has 116 valence electrons. The molecule has 5 nitrogen and oxygen atoms in total. The minimum Gasteiger partial charge on any atom is -0.469 e. The lowest BCUT2D eigenvalue weighted by Crippen LogP contribution is -2.40. The molecule has 2 rings (SSSR count). The minimum atomic E-state index is -4.64. The van der Waals surface area contributed by atoms with Gasteiger partial charge in [-0.15, -0.1) is 11.3 Å². The topological polar surface area (TPSA) is 59.5 Å². The van der Waals surface area contributed by atoms with Crippen LogP contribution in [-0.2, 0) is 15.7 Å². The summed E-state index contributed by atoms with van der Waals surface area (Å²) in [6.07, 6.45) is -3.87. The van der Waals surface area contributed by atoms with Crippen molar-refractivity contribution in [1.29, 1.82) is 0 Å². The molecule has 0 aliphatic carbocycles. The van der Waals surface area contributed by atoms with Gasteiger partial charge in [-0.25, -0.2) is 4.98 Å². The molecule has 0 radical (unpaired) electrons. The predicted molar refractivity (Wildman–Crippen MR) is 67.8 cm³/mol. The maximum absolute atomic E-state index is 12.7. The number of rotatable bonds is 2. The lowest BCUT2D eigenvalue weighted by atomic mass is 9.97. The second kappa shape index (κ2) is 6.00. The number of carbonyl (C=O) groups excluding carboxylic acids is 2. The van der Waals surface area contributed by atoms with Crippen molar-refractivity contribution in [3.05, 3.63) is 16.1 Å². The number of nitrogens with zero attached hydrogens (tertiary/aromatic N) is 2. The van der Waals surface area contributed by atoms with Gasteiger partial charge in [0, 0.05) is 13.1 Å². The Morgan fingerprint density at radius 1 is 1.38 bits per heavy atom. The standard InChI is InChI=1S/C12H13F3N2O3S/c1-20-11(19)7-2-4-17(5-3-7)10(18)8-9(12(13,14)15)16-6-21-8/h6-7H,2-5H2,1H3. The van der Waals surface area contributed by atoms with Crippen LogP contribution in [0.4, 0.5) is 13.2 Å². The summed E-state index contributed by atoms with van der Waals surface area (Å²) < 4.78 is 42.8. The average Bonchev–Trinajstić information content (AvgIpc) is 2.95. The summed E-state index contributed by atoms with van der Waals surface area (Å²) in [6.45, 7) is 0.460. The van der Waals surface area contributed by atoms with E-state index in [4.69, 9.17) is 0 Å². The molecule has 1 amide bonds. The van der Waals surface area contributed by atoms with E-state index in [-0.39, 0.29) is 25.0 Å². The zero-order chi connectivity index (χ0) is 15.6. The third-order valence-electron chi connectivity index (χ3n) is 3.35. The third kappa shape index (κ3) is 3.34. The molecule has 1 aromatic rings. The molecule has 0 aromatic carbocycles. The van der Waals surface area contributed by atoms with Crippen LogP contribution >= 0.6 is 11.3 Å². The van der Waals surface area contributed by atoms with E-state index in [1.807, 2.05) is 0 Å². The van der Waals surface area contributed by atoms with Gasteiger partial charge >= 0.3 is 12.1 Å². The molecule has 2 heterocycles.